The van der Waals surface area contributed by atoms with Crippen LogP contribution in [0.2, 0.25) is 5.02 Å². The molecule has 0 radical (unpaired) electrons. The maximum Gasteiger partial charge on any atom is 0.252 e. The van der Waals surface area contributed by atoms with E-state index < -0.39 is 0 Å². The van der Waals surface area contributed by atoms with Crippen molar-refractivity contribution in [2.24, 2.45) is 0 Å². The molecule has 1 aromatic carbocycles. The molecule has 0 heterocycles. The fourth-order valence-corrected chi connectivity index (χ4v) is 2.43. The number of nitrogens with one attached hydrogen (secondary N) is 1. The summed E-state index contributed by atoms with van der Waals surface area (Å²) in [7, 11) is 0. The van der Waals surface area contributed by atoms with Gasteiger partial charge in [-0.1, -0.05) is 11.6 Å². The second-order valence-corrected chi connectivity index (χ2v) is 5.83. The van der Waals surface area contributed by atoms with Crippen molar-refractivity contribution in [2.75, 3.05) is 18.8 Å². The average molecular weight is 298 g/mol. The lowest BCUT2D eigenvalue weighted by Crippen LogP contribution is -2.42. The first-order chi connectivity index (χ1) is 9.32. The Morgan fingerprint density at radius 2 is 1.90 bits per heavy atom. The Hall–Kier alpha value is -1.26. The Labute approximate surface area is 126 Å². The van der Waals surface area contributed by atoms with Crippen LogP contribution in [0.4, 0.5) is 5.69 Å². The zero-order chi connectivity index (χ0) is 15.3. The number of carbonyl (C=O) groups is 1. The predicted octanol–water partition coefficient (Wildman–Crippen LogP) is 2.77. The van der Waals surface area contributed by atoms with E-state index in [0.717, 1.165) is 6.54 Å². The first kappa shape index (κ1) is 16.8. The fraction of sp³-hybridized carbons (Fsp3) is 0.533. The Balaban J connectivity index is 2.57. The number of anilines is 1. The van der Waals surface area contributed by atoms with Crippen LogP contribution < -0.4 is 11.1 Å². The van der Waals surface area contributed by atoms with Gasteiger partial charge in [-0.05, 0) is 45.9 Å². The van der Waals surface area contributed by atoms with E-state index in [9.17, 15) is 4.79 Å². The van der Waals surface area contributed by atoms with Crippen LogP contribution in [0, 0.1) is 0 Å². The number of amides is 1. The molecule has 3 N–H and O–H groups in total. The molecule has 0 aliphatic carbocycles. The van der Waals surface area contributed by atoms with E-state index in [1.807, 2.05) is 0 Å². The minimum absolute atomic E-state index is 0.185. The van der Waals surface area contributed by atoms with E-state index in [2.05, 4.69) is 37.9 Å². The van der Waals surface area contributed by atoms with Crippen LogP contribution in [0.5, 0.6) is 0 Å². The van der Waals surface area contributed by atoms with Gasteiger partial charge in [-0.25, -0.2) is 0 Å². The Morgan fingerprint density at radius 3 is 2.45 bits per heavy atom. The molecule has 0 bridgehead atoms. The van der Waals surface area contributed by atoms with Crippen molar-refractivity contribution >= 4 is 23.2 Å². The molecular weight excluding hydrogens is 274 g/mol. The van der Waals surface area contributed by atoms with Gasteiger partial charge in [-0.2, -0.15) is 0 Å². The lowest BCUT2D eigenvalue weighted by molar-refractivity contribution is 0.0939. The molecule has 20 heavy (non-hydrogen) atoms. The van der Waals surface area contributed by atoms with Crippen molar-refractivity contribution in [3.05, 3.63) is 28.8 Å². The first-order valence-electron chi connectivity index (χ1n) is 6.92. The predicted molar refractivity (Wildman–Crippen MR) is 85.2 cm³/mol. The minimum Gasteiger partial charge on any atom is -0.399 e. The van der Waals surface area contributed by atoms with E-state index in [0.29, 0.717) is 34.9 Å². The summed E-state index contributed by atoms with van der Waals surface area (Å²) in [6.07, 6.45) is 0. The molecule has 1 amide bonds. The SMILES string of the molecule is CC(C)N(CCNC(=O)c1cc(N)ccc1Cl)C(C)C. The zero-order valence-electron chi connectivity index (χ0n) is 12.6. The van der Waals surface area contributed by atoms with Gasteiger partial charge in [0.2, 0.25) is 0 Å². The lowest BCUT2D eigenvalue weighted by atomic mass is 10.2. The quantitative estimate of drug-likeness (QED) is 0.794. The van der Waals surface area contributed by atoms with Gasteiger partial charge in [0.1, 0.15) is 0 Å². The van der Waals surface area contributed by atoms with Crippen molar-refractivity contribution in [3.8, 4) is 0 Å². The number of hydrogen-bond acceptors (Lipinski definition) is 3. The molecular formula is C15H24ClN3O. The second-order valence-electron chi connectivity index (χ2n) is 5.42. The number of hydrogen-bond donors (Lipinski definition) is 2. The van der Waals surface area contributed by atoms with Crippen LogP contribution in [-0.2, 0) is 0 Å². The van der Waals surface area contributed by atoms with E-state index in [1.165, 1.54) is 0 Å². The number of halogens is 1. The summed E-state index contributed by atoms with van der Waals surface area (Å²) in [5, 5.41) is 3.30. The fourth-order valence-electron chi connectivity index (χ4n) is 2.22. The largest absolute Gasteiger partial charge is 0.399 e. The van der Waals surface area contributed by atoms with E-state index >= 15 is 0 Å². The van der Waals surface area contributed by atoms with Crippen molar-refractivity contribution in [2.45, 2.75) is 39.8 Å². The molecule has 0 spiro atoms. The van der Waals surface area contributed by atoms with Crippen molar-refractivity contribution in [1.82, 2.24) is 10.2 Å². The monoisotopic (exact) mass is 297 g/mol. The molecule has 0 unspecified atom stereocenters. The molecule has 112 valence electrons. The van der Waals surface area contributed by atoms with Crippen LogP contribution in [0.3, 0.4) is 0 Å². The Morgan fingerprint density at radius 1 is 1.30 bits per heavy atom. The number of nitrogens with two attached hydrogens (primary N) is 1. The van der Waals surface area contributed by atoms with Gasteiger partial charge in [0.25, 0.3) is 5.91 Å². The molecule has 0 aliphatic heterocycles. The van der Waals surface area contributed by atoms with E-state index in [1.54, 1.807) is 18.2 Å². The van der Waals surface area contributed by atoms with Crippen LogP contribution >= 0.6 is 11.6 Å². The highest BCUT2D eigenvalue weighted by Gasteiger charge is 2.14. The van der Waals surface area contributed by atoms with Gasteiger partial charge in [0.15, 0.2) is 0 Å². The summed E-state index contributed by atoms with van der Waals surface area (Å²) >= 11 is 6.01. The molecule has 0 aromatic heterocycles. The second kappa shape index (κ2) is 7.50. The third kappa shape index (κ3) is 4.69. The molecule has 0 atom stereocenters. The molecule has 1 rings (SSSR count). The summed E-state index contributed by atoms with van der Waals surface area (Å²) < 4.78 is 0. The standard InChI is InChI=1S/C15H24ClN3O/c1-10(2)19(11(3)4)8-7-18-15(20)13-9-12(17)5-6-14(13)16/h5-6,9-11H,7-8,17H2,1-4H3,(H,18,20). The van der Waals surface area contributed by atoms with Crippen LogP contribution in [-0.4, -0.2) is 36.0 Å². The molecule has 0 saturated carbocycles. The third-order valence-electron chi connectivity index (χ3n) is 3.22. The van der Waals surface area contributed by atoms with Gasteiger partial charge < -0.3 is 11.1 Å². The minimum atomic E-state index is -0.185. The number of nitrogen functional groups attached to an aromatic ring is 1. The summed E-state index contributed by atoms with van der Waals surface area (Å²) in [5.74, 6) is -0.185. The Kier molecular flexibility index (Phi) is 6.30. The Bertz CT molecular complexity index is 452. The topological polar surface area (TPSA) is 58.4 Å². The molecule has 0 aliphatic rings. The highest BCUT2D eigenvalue weighted by molar-refractivity contribution is 6.34. The maximum atomic E-state index is 12.1. The number of benzene rings is 1. The summed E-state index contributed by atoms with van der Waals surface area (Å²) in [4.78, 5) is 14.4. The summed E-state index contributed by atoms with van der Waals surface area (Å²) in [6, 6.07) is 5.81. The van der Waals surface area contributed by atoms with Gasteiger partial charge in [-0.15, -0.1) is 0 Å². The molecule has 1 aromatic rings. The smallest absolute Gasteiger partial charge is 0.252 e. The molecule has 0 fully saturated rings. The molecule has 0 saturated heterocycles. The highest BCUT2D eigenvalue weighted by atomic mass is 35.5. The third-order valence-corrected chi connectivity index (χ3v) is 3.55. The average Bonchev–Trinajstić information content (AvgIpc) is 2.36. The summed E-state index contributed by atoms with van der Waals surface area (Å²) in [6.45, 7) is 9.99. The molecule has 5 heteroatoms. The van der Waals surface area contributed by atoms with Gasteiger partial charge in [-0.3, -0.25) is 9.69 Å². The normalized spacial score (nSPS) is 11.4. The number of carbonyl (C=O) groups excluding carboxylic acids is 1. The van der Waals surface area contributed by atoms with Gasteiger partial charge in [0.05, 0.1) is 10.6 Å². The van der Waals surface area contributed by atoms with Crippen molar-refractivity contribution < 1.29 is 4.79 Å². The van der Waals surface area contributed by atoms with Crippen LogP contribution in [0.25, 0.3) is 0 Å². The number of nitrogens with zero attached hydrogens (tertiary/aromatic N) is 1. The molecule has 4 nitrogen and oxygen atoms in total. The van der Waals surface area contributed by atoms with E-state index in [4.69, 9.17) is 17.3 Å². The first-order valence-corrected chi connectivity index (χ1v) is 7.29. The lowest BCUT2D eigenvalue weighted by Gasteiger charge is -2.30. The van der Waals surface area contributed by atoms with Gasteiger partial charge >= 0.3 is 0 Å². The van der Waals surface area contributed by atoms with E-state index in [-0.39, 0.29) is 5.91 Å². The van der Waals surface area contributed by atoms with Gasteiger partial charge in [0, 0.05) is 30.9 Å². The van der Waals surface area contributed by atoms with Crippen LogP contribution in [0.15, 0.2) is 18.2 Å². The van der Waals surface area contributed by atoms with Crippen molar-refractivity contribution in [3.63, 3.8) is 0 Å². The zero-order valence-corrected chi connectivity index (χ0v) is 13.4. The number of rotatable bonds is 6. The van der Waals surface area contributed by atoms with Crippen molar-refractivity contribution in [1.29, 1.82) is 0 Å². The maximum absolute atomic E-state index is 12.1. The summed E-state index contributed by atoms with van der Waals surface area (Å²) in [5.41, 5.74) is 6.63. The highest BCUT2D eigenvalue weighted by Crippen LogP contribution is 2.18. The van der Waals surface area contributed by atoms with Crippen LogP contribution in [0.1, 0.15) is 38.1 Å².